The predicted molar refractivity (Wildman–Crippen MR) is 106 cm³/mol. The summed E-state index contributed by atoms with van der Waals surface area (Å²) in [6.07, 6.45) is 3.15. The minimum atomic E-state index is -0.227. The van der Waals surface area contributed by atoms with E-state index in [4.69, 9.17) is 16.0 Å². The van der Waals surface area contributed by atoms with Crippen molar-refractivity contribution in [3.05, 3.63) is 76.6 Å². The summed E-state index contributed by atoms with van der Waals surface area (Å²) in [4.78, 5) is 20.8. The quantitative estimate of drug-likeness (QED) is 0.518. The third kappa shape index (κ3) is 3.41. The largest absolute Gasteiger partial charge is 0.436 e. The molecular weight excluding hydrogens is 362 g/mol. The van der Waals surface area contributed by atoms with Gasteiger partial charge in [-0.25, -0.2) is 4.98 Å². The Morgan fingerprint density at radius 1 is 1.04 bits per heavy atom. The molecular formula is C21H16ClN3O2. The number of nitrogens with one attached hydrogen (secondary N) is 1. The minimum Gasteiger partial charge on any atom is -0.436 e. The first-order chi connectivity index (χ1) is 13.0. The number of nitrogens with zero attached hydrogens (tertiary/aromatic N) is 2. The third-order valence-corrected chi connectivity index (χ3v) is 4.73. The molecule has 1 N–H and O–H groups in total. The van der Waals surface area contributed by atoms with E-state index >= 15 is 0 Å². The second-order valence-electron chi connectivity index (χ2n) is 6.31. The number of pyridine rings is 1. The number of aryl methyl sites for hydroxylation is 2. The van der Waals surface area contributed by atoms with Gasteiger partial charge in [0.25, 0.3) is 5.91 Å². The van der Waals surface area contributed by atoms with Crippen molar-refractivity contribution in [3.63, 3.8) is 0 Å². The van der Waals surface area contributed by atoms with E-state index in [9.17, 15) is 4.79 Å². The fourth-order valence-corrected chi connectivity index (χ4v) is 2.97. The van der Waals surface area contributed by atoms with Gasteiger partial charge in [-0.1, -0.05) is 11.6 Å². The number of aromatic nitrogens is 2. The van der Waals surface area contributed by atoms with Gasteiger partial charge in [-0.3, -0.25) is 9.78 Å². The van der Waals surface area contributed by atoms with Gasteiger partial charge in [-0.05, 0) is 67.4 Å². The molecule has 2 heterocycles. The number of carbonyl (C=O) groups excluding carboxylic acids is 1. The first-order valence-corrected chi connectivity index (χ1v) is 8.78. The summed E-state index contributed by atoms with van der Waals surface area (Å²) in [7, 11) is 0. The fraction of sp³-hybridized carbons (Fsp3) is 0.0952. The molecule has 0 aliphatic heterocycles. The molecule has 0 radical (unpaired) electrons. The summed E-state index contributed by atoms with van der Waals surface area (Å²) in [5, 5.41) is 3.35. The van der Waals surface area contributed by atoms with Crippen LogP contribution in [0, 0.1) is 13.8 Å². The first kappa shape index (κ1) is 17.2. The van der Waals surface area contributed by atoms with Gasteiger partial charge < -0.3 is 9.73 Å². The Morgan fingerprint density at radius 3 is 2.56 bits per heavy atom. The highest BCUT2D eigenvalue weighted by Crippen LogP contribution is 2.33. The summed E-state index contributed by atoms with van der Waals surface area (Å²) in [6, 6.07) is 12.5. The average molecular weight is 378 g/mol. The lowest BCUT2D eigenvalue weighted by Gasteiger charge is -2.07. The highest BCUT2D eigenvalue weighted by atomic mass is 35.5. The molecule has 0 fully saturated rings. The Morgan fingerprint density at radius 2 is 1.78 bits per heavy atom. The van der Waals surface area contributed by atoms with Crippen LogP contribution in [0.4, 0.5) is 5.69 Å². The molecule has 6 heteroatoms. The monoisotopic (exact) mass is 377 g/mol. The number of oxazole rings is 1. The van der Waals surface area contributed by atoms with E-state index in [2.05, 4.69) is 15.3 Å². The highest BCUT2D eigenvalue weighted by molar-refractivity contribution is 6.33. The maximum absolute atomic E-state index is 12.4. The van der Waals surface area contributed by atoms with Crippen LogP contribution in [-0.4, -0.2) is 15.9 Å². The van der Waals surface area contributed by atoms with Gasteiger partial charge in [0.2, 0.25) is 5.89 Å². The molecule has 0 saturated carbocycles. The Kier molecular flexibility index (Phi) is 4.38. The van der Waals surface area contributed by atoms with Gasteiger partial charge in [0.05, 0.1) is 10.6 Å². The molecule has 1 amide bonds. The van der Waals surface area contributed by atoms with Crippen LogP contribution in [0.3, 0.4) is 0 Å². The van der Waals surface area contributed by atoms with Crippen LogP contribution < -0.4 is 5.32 Å². The van der Waals surface area contributed by atoms with E-state index in [1.54, 1.807) is 42.7 Å². The SMILES string of the molecule is Cc1cc2nc(-c3cc(NC(=O)c4ccncc4)ccc3Cl)oc2cc1C. The van der Waals surface area contributed by atoms with Crippen LogP contribution in [0.5, 0.6) is 0 Å². The Hall–Kier alpha value is -3.18. The van der Waals surface area contributed by atoms with Crippen molar-refractivity contribution < 1.29 is 9.21 Å². The van der Waals surface area contributed by atoms with Crippen molar-refractivity contribution in [2.45, 2.75) is 13.8 Å². The van der Waals surface area contributed by atoms with Crippen molar-refractivity contribution in [1.29, 1.82) is 0 Å². The maximum Gasteiger partial charge on any atom is 0.255 e. The van der Waals surface area contributed by atoms with E-state index < -0.39 is 0 Å². The van der Waals surface area contributed by atoms with Gasteiger partial charge in [0.1, 0.15) is 5.52 Å². The van der Waals surface area contributed by atoms with E-state index in [0.717, 1.165) is 16.6 Å². The van der Waals surface area contributed by atoms with E-state index in [0.29, 0.717) is 33.3 Å². The standard InChI is InChI=1S/C21H16ClN3O2/c1-12-9-18-19(10-13(12)2)27-21(25-18)16-11-15(3-4-17(16)22)24-20(26)14-5-7-23-8-6-14/h3-11H,1-2H3,(H,24,26). The topological polar surface area (TPSA) is 68.0 Å². The molecule has 0 atom stereocenters. The van der Waals surface area contributed by atoms with Gasteiger partial charge in [-0.15, -0.1) is 0 Å². The Bertz CT molecular complexity index is 1110. The number of hydrogen-bond donors (Lipinski definition) is 1. The van der Waals surface area contributed by atoms with Crippen LogP contribution >= 0.6 is 11.6 Å². The lowest BCUT2D eigenvalue weighted by atomic mass is 10.1. The predicted octanol–water partition coefficient (Wildman–Crippen LogP) is 5.41. The number of halogens is 1. The molecule has 4 rings (SSSR count). The Labute approximate surface area is 161 Å². The lowest BCUT2D eigenvalue weighted by Crippen LogP contribution is -2.11. The van der Waals surface area contributed by atoms with Crippen LogP contribution in [0.15, 0.2) is 59.3 Å². The van der Waals surface area contributed by atoms with Crippen molar-refractivity contribution in [3.8, 4) is 11.5 Å². The number of anilines is 1. The van der Waals surface area contributed by atoms with Crippen LogP contribution in [0.25, 0.3) is 22.6 Å². The first-order valence-electron chi connectivity index (χ1n) is 8.40. The molecule has 134 valence electrons. The summed E-state index contributed by atoms with van der Waals surface area (Å²) >= 11 is 6.35. The molecule has 27 heavy (non-hydrogen) atoms. The second-order valence-corrected chi connectivity index (χ2v) is 6.72. The molecule has 5 nitrogen and oxygen atoms in total. The van der Waals surface area contributed by atoms with Gasteiger partial charge in [-0.2, -0.15) is 0 Å². The fourth-order valence-electron chi connectivity index (χ4n) is 2.77. The lowest BCUT2D eigenvalue weighted by molar-refractivity contribution is 0.102. The molecule has 0 saturated heterocycles. The van der Waals surface area contributed by atoms with Crippen molar-refractivity contribution >= 4 is 34.3 Å². The van der Waals surface area contributed by atoms with E-state index in [-0.39, 0.29) is 5.91 Å². The molecule has 0 unspecified atom stereocenters. The van der Waals surface area contributed by atoms with E-state index in [1.807, 2.05) is 26.0 Å². The molecule has 0 aliphatic rings. The zero-order chi connectivity index (χ0) is 19.0. The van der Waals surface area contributed by atoms with Crippen molar-refractivity contribution in [2.75, 3.05) is 5.32 Å². The zero-order valence-corrected chi connectivity index (χ0v) is 15.5. The molecule has 2 aromatic heterocycles. The van der Waals surface area contributed by atoms with Gasteiger partial charge >= 0.3 is 0 Å². The highest BCUT2D eigenvalue weighted by Gasteiger charge is 2.14. The van der Waals surface area contributed by atoms with Gasteiger partial charge in [0.15, 0.2) is 5.58 Å². The molecule has 0 spiro atoms. The average Bonchev–Trinajstić information content (AvgIpc) is 3.06. The Balaban J connectivity index is 1.69. The smallest absolute Gasteiger partial charge is 0.255 e. The molecule has 4 aromatic rings. The second kappa shape index (κ2) is 6.85. The molecule has 2 aromatic carbocycles. The number of fused-ring (bicyclic) bond motifs is 1. The summed E-state index contributed by atoms with van der Waals surface area (Å²) < 4.78 is 5.90. The van der Waals surface area contributed by atoms with Crippen LogP contribution in [-0.2, 0) is 0 Å². The van der Waals surface area contributed by atoms with Crippen molar-refractivity contribution in [2.24, 2.45) is 0 Å². The summed E-state index contributed by atoms with van der Waals surface area (Å²) in [5.74, 6) is 0.189. The third-order valence-electron chi connectivity index (χ3n) is 4.40. The van der Waals surface area contributed by atoms with E-state index in [1.165, 1.54) is 0 Å². The van der Waals surface area contributed by atoms with Crippen molar-refractivity contribution in [1.82, 2.24) is 9.97 Å². The number of benzene rings is 2. The summed E-state index contributed by atoms with van der Waals surface area (Å²) in [5.41, 5.74) is 5.50. The summed E-state index contributed by atoms with van der Waals surface area (Å²) in [6.45, 7) is 4.06. The normalized spacial score (nSPS) is 10.9. The molecule has 0 bridgehead atoms. The number of hydrogen-bond acceptors (Lipinski definition) is 4. The number of rotatable bonds is 3. The number of carbonyl (C=O) groups is 1. The number of amides is 1. The minimum absolute atomic E-state index is 0.227. The maximum atomic E-state index is 12.4. The molecule has 0 aliphatic carbocycles. The van der Waals surface area contributed by atoms with Crippen LogP contribution in [0.2, 0.25) is 5.02 Å². The zero-order valence-electron chi connectivity index (χ0n) is 14.8. The van der Waals surface area contributed by atoms with Crippen LogP contribution in [0.1, 0.15) is 21.5 Å². The van der Waals surface area contributed by atoms with Gasteiger partial charge in [0, 0.05) is 23.6 Å².